The summed E-state index contributed by atoms with van der Waals surface area (Å²) in [7, 11) is 0. The molecule has 0 saturated carbocycles. The second-order valence-corrected chi connectivity index (χ2v) is 3.78. The zero-order chi connectivity index (χ0) is 10.7. The van der Waals surface area contributed by atoms with Gasteiger partial charge in [0, 0.05) is 6.42 Å². The number of carbonyl (C=O) groups is 1. The van der Waals surface area contributed by atoms with Gasteiger partial charge < -0.3 is 9.52 Å². The van der Waals surface area contributed by atoms with E-state index in [0.717, 1.165) is 6.42 Å². The monoisotopic (exact) mass is 197 g/mol. The molecule has 1 rings (SSSR count). The first-order valence-corrected chi connectivity index (χ1v) is 4.66. The van der Waals surface area contributed by atoms with Crippen molar-refractivity contribution in [1.82, 2.24) is 4.98 Å². The van der Waals surface area contributed by atoms with Crippen molar-refractivity contribution in [1.29, 1.82) is 0 Å². The summed E-state index contributed by atoms with van der Waals surface area (Å²) in [6.45, 7) is 5.88. The summed E-state index contributed by atoms with van der Waals surface area (Å²) in [4.78, 5) is 14.6. The number of oxazole rings is 1. The highest BCUT2D eigenvalue weighted by Gasteiger charge is 2.13. The summed E-state index contributed by atoms with van der Waals surface area (Å²) in [5, 5.41) is 8.60. The van der Waals surface area contributed by atoms with Gasteiger partial charge in [0.2, 0.25) is 0 Å². The maximum atomic E-state index is 10.5. The van der Waals surface area contributed by atoms with Crippen LogP contribution in [0.25, 0.3) is 0 Å². The predicted molar refractivity (Wildman–Crippen MR) is 51.1 cm³/mol. The molecule has 0 aliphatic rings. The van der Waals surface area contributed by atoms with E-state index in [0.29, 0.717) is 23.3 Å². The van der Waals surface area contributed by atoms with Crippen molar-refractivity contribution in [2.45, 2.75) is 33.6 Å². The van der Waals surface area contributed by atoms with E-state index in [1.165, 1.54) is 0 Å². The van der Waals surface area contributed by atoms with Gasteiger partial charge in [0.1, 0.15) is 5.76 Å². The molecular weight excluding hydrogens is 182 g/mol. The van der Waals surface area contributed by atoms with Crippen LogP contribution in [0.5, 0.6) is 0 Å². The van der Waals surface area contributed by atoms with Gasteiger partial charge in [0.25, 0.3) is 0 Å². The molecule has 1 heterocycles. The Balaban J connectivity index is 2.76. The molecule has 0 aromatic carbocycles. The quantitative estimate of drug-likeness (QED) is 0.799. The van der Waals surface area contributed by atoms with Gasteiger partial charge in [-0.25, -0.2) is 4.98 Å². The van der Waals surface area contributed by atoms with Gasteiger partial charge in [0.05, 0.1) is 12.1 Å². The van der Waals surface area contributed by atoms with Gasteiger partial charge in [-0.15, -0.1) is 0 Å². The normalized spacial score (nSPS) is 10.9. The summed E-state index contributed by atoms with van der Waals surface area (Å²) >= 11 is 0. The Kier molecular flexibility index (Phi) is 3.28. The number of aromatic nitrogens is 1. The van der Waals surface area contributed by atoms with E-state index >= 15 is 0 Å². The molecular formula is C10H15NO3. The van der Waals surface area contributed by atoms with Crippen molar-refractivity contribution in [2.24, 2.45) is 5.92 Å². The highest BCUT2D eigenvalue weighted by Crippen LogP contribution is 2.13. The number of carboxylic acids is 1. The predicted octanol–water partition coefficient (Wildman–Crippen LogP) is 1.81. The van der Waals surface area contributed by atoms with Crippen molar-refractivity contribution in [3.8, 4) is 0 Å². The molecule has 0 radical (unpaired) electrons. The number of hydrogen-bond acceptors (Lipinski definition) is 3. The highest BCUT2D eigenvalue weighted by molar-refractivity contribution is 5.69. The molecule has 4 heteroatoms. The van der Waals surface area contributed by atoms with E-state index in [1.54, 1.807) is 6.92 Å². The molecule has 78 valence electrons. The minimum absolute atomic E-state index is 0.0621. The van der Waals surface area contributed by atoms with Crippen LogP contribution in [0.1, 0.15) is 31.2 Å². The Bertz CT molecular complexity index is 328. The third-order valence-electron chi connectivity index (χ3n) is 1.84. The van der Waals surface area contributed by atoms with Crippen LogP contribution in [-0.4, -0.2) is 16.1 Å². The maximum Gasteiger partial charge on any atom is 0.309 e. The molecule has 0 bridgehead atoms. The molecule has 14 heavy (non-hydrogen) atoms. The van der Waals surface area contributed by atoms with E-state index in [9.17, 15) is 4.79 Å². The fourth-order valence-electron chi connectivity index (χ4n) is 1.23. The summed E-state index contributed by atoms with van der Waals surface area (Å²) in [5.41, 5.74) is 0.535. The summed E-state index contributed by atoms with van der Waals surface area (Å²) in [6.07, 6.45) is 0.688. The molecule has 4 nitrogen and oxygen atoms in total. The van der Waals surface area contributed by atoms with Crippen LogP contribution in [0.4, 0.5) is 0 Å². The highest BCUT2D eigenvalue weighted by atomic mass is 16.4. The lowest BCUT2D eigenvalue weighted by Gasteiger charge is -1.97. The van der Waals surface area contributed by atoms with E-state index in [4.69, 9.17) is 9.52 Å². The number of aryl methyl sites for hydroxylation is 1. The number of rotatable bonds is 4. The zero-order valence-electron chi connectivity index (χ0n) is 8.70. The summed E-state index contributed by atoms with van der Waals surface area (Å²) in [6, 6.07) is 0. The van der Waals surface area contributed by atoms with Gasteiger partial charge in [-0.1, -0.05) is 13.8 Å². The van der Waals surface area contributed by atoms with Gasteiger partial charge in [-0.05, 0) is 12.8 Å². The van der Waals surface area contributed by atoms with E-state index < -0.39 is 5.97 Å². The molecule has 0 unspecified atom stereocenters. The van der Waals surface area contributed by atoms with Gasteiger partial charge in [-0.2, -0.15) is 0 Å². The van der Waals surface area contributed by atoms with Gasteiger partial charge >= 0.3 is 5.97 Å². The fraction of sp³-hybridized carbons (Fsp3) is 0.600. The molecule has 0 amide bonds. The maximum absolute atomic E-state index is 10.5. The van der Waals surface area contributed by atoms with Crippen LogP contribution in [0.3, 0.4) is 0 Å². The van der Waals surface area contributed by atoms with Crippen LogP contribution in [0.15, 0.2) is 4.42 Å². The Morgan fingerprint density at radius 1 is 1.57 bits per heavy atom. The minimum atomic E-state index is -0.877. The first-order chi connectivity index (χ1) is 6.49. The third-order valence-corrected chi connectivity index (χ3v) is 1.84. The molecule has 1 aromatic heterocycles. The van der Waals surface area contributed by atoms with E-state index in [2.05, 4.69) is 18.8 Å². The van der Waals surface area contributed by atoms with Crippen molar-refractivity contribution < 1.29 is 14.3 Å². The van der Waals surface area contributed by atoms with Crippen molar-refractivity contribution in [2.75, 3.05) is 0 Å². The minimum Gasteiger partial charge on any atom is -0.481 e. The fourth-order valence-corrected chi connectivity index (χ4v) is 1.23. The number of aliphatic carboxylic acids is 1. The van der Waals surface area contributed by atoms with Crippen LogP contribution in [-0.2, 0) is 17.6 Å². The molecule has 0 spiro atoms. The second kappa shape index (κ2) is 4.26. The largest absolute Gasteiger partial charge is 0.481 e. The lowest BCUT2D eigenvalue weighted by Crippen LogP contribution is -2.02. The molecule has 1 aromatic rings. The first kappa shape index (κ1) is 10.8. The standard InChI is InChI=1S/C10H15NO3/c1-6(2)4-9-11-8(5-10(12)13)7(3)14-9/h6H,4-5H2,1-3H3,(H,12,13). The summed E-state index contributed by atoms with van der Waals surface area (Å²) in [5.74, 6) is 0.833. The zero-order valence-corrected chi connectivity index (χ0v) is 8.70. The summed E-state index contributed by atoms with van der Waals surface area (Å²) < 4.78 is 5.35. The van der Waals surface area contributed by atoms with Gasteiger partial charge in [-0.3, -0.25) is 4.79 Å². The number of hydrogen-bond donors (Lipinski definition) is 1. The number of nitrogens with zero attached hydrogens (tertiary/aromatic N) is 1. The van der Waals surface area contributed by atoms with Crippen LogP contribution < -0.4 is 0 Å². The van der Waals surface area contributed by atoms with Crippen molar-refractivity contribution in [3.05, 3.63) is 17.3 Å². The smallest absolute Gasteiger partial charge is 0.309 e. The molecule has 0 saturated heterocycles. The lowest BCUT2D eigenvalue weighted by molar-refractivity contribution is -0.136. The first-order valence-electron chi connectivity index (χ1n) is 4.66. The average molecular weight is 197 g/mol. The van der Waals surface area contributed by atoms with Crippen molar-refractivity contribution >= 4 is 5.97 Å². The molecule has 0 fully saturated rings. The third kappa shape index (κ3) is 2.87. The Morgan fingerprint density at radius 2 is 2.21 bits per heavy atom. The van der Waals surface area contributed by atoms with E-state index in [1.807, 2.05) is 0 Å². The molecule has 1 N–H and O–H groups in total. The van der Waals surface area contributed by atoms with Crippen LogP contribution in [0.2, 0.25) is 0 Å². The average Bonchev–Trinajstić information content (AvgIpc) is 2.28. The Labute approximate surface area is 83.0 Å². The van der Waals surface area contributed by atoms with E-state index in [-0.39, 0.29) is 6.42 Å². The van der Waals surface area contributed by atoms with Crippen LogP contribution >= 0.6 is 0 Å². The van der Waals surface area contributed by atoms with Gasteiger partial charge in [0.15, 0.2) is 5.89 Å². The molecule has 0 atom stereocenters. The number of carboxylic acid groups (broad SMARTS) is 1. The molecule has 0 aliphatic heterocycles. The molecule has 0 aliphatic carbocycles. The Hall–Kier alpha value is -1.32. The van der Waals surface area contributed by atoms with Crippen molar-refractivity contribution in [3.63, 3.8) is 0 Å². The lowest BCUT2D eigenvalue weighted by atomic mass is 10.1. The van der Waals surface area contributed by atoms with Crippen LogP contribution in [0, 0.1) is 12.8 Å². The second-order valence-electron chi connectivity index (χ2n) is 3.78. The SMILES string of the molecule is Cc1oc(CC(C)C)nc1CC(=O)O. The Morgan fingerprint density at radius 3 is 2.71 bits per heavy atom. The topological polar surface area (TPSA) is 63.3 Å².